The third kappa shape index (κ3) is 4.33. The van der Waals surface area contributed by atoms with Gasteiger partial charge in [-0.15, -0.1) is 6.58 Å². The highest BCUT2D eigenvalue weighted by Gasteiger charge is 2.39. The Labute approximate surface area is 167 Å². The van der Waals surface area contributed by atoms with Gasteiger partial charge in [-0.25, -0.2) is 0 Å². The molecule has 0 aliphatic heterocycles. The Kier molecular flexibility index (Phi) is 5.90. The fraction of sp³-hybridized carbons (Fsp3) is 0.680. The van der Waals surface area contributed by atoms with Gasteiger partial charge in [-0.1, -0.05) is 18.2 Å². The molecule has 0 aromatic heterocycles. The molecular formula is C25H33F3. The minimum Gasteiger partial charge on any atom is -0.166 e. The summed E-state index contributed by atoms with van der Waals surface area (Å²) in [6.45, 7) is 3.97. The third-order valence-electron chi connectivity index (χ3n) is 8.18. The molecule has 28 heavy (non-hydrogen) atoms. The van der Waals surface area contributed by atoms with Gasteiger partial charge in [0.2, 0.25) is 0 Å². The number of alkyl halides is 3. The molecule has 4 atom stereocenters. The van der Waals surface area contributed by atoms with Crippen molar-refractivity contribution in [3.05, 3.63) is 48.0 Å². The van der Waals surface area contributed by atoms with Gasteiger partial charge in [-0.2, -0.15) is 13.2 Å². The highest BCUT2D eigenvalue weighted by Crippen LogP contribution is 2.51. The monoisotopic (exact) mass is 390 g/mol. The smallest absolute Gasteiger partial charge is 0.166 e. The van der Waals surface area contributed by atoms with Crippen LogP contribution in [0.5, 0.6) is 0 Å². The molecule has 0 amide bonds. The van der Waals surface area contributed by atoms with Crippen molar-refractivity contribution in [2.75, 3.05) is 0 Å². The highest BCUT2D eigenvalue weighted by atomic mass is 19.4. The molecule has 0 spiro atoms. The van der Waals surface area contributed by atoms with Gasteiger partial charge in [0.05, 0.1) is 5.56 Å². The van der Waals surface area contributed by atoms with Crippen LogP contribution < -0.4 is 0 Å². The lowest BCUT2D eigenvalue weighted by molar-refractivity contribution is -0.137. The number of allylic oxidation sites excluding steroid dienone is 1. The molecule has 3 heteroatoms. The van der Waals surface area contributed by atoms with Crippen molar-refractivity contribution in [2.24, 2.45) is 29.6 Å². The molecule has 4 unspecified atom stereocenters. The molecule has 1 aromatic rings. The topological polar surface area (TPSA) is 0 Å². The van der Waals surface area contributed by atoms with E-state index >= 15 is 0 Å². The predicted octanol–water partition coefficient (Wildman–Crippen LogP) is 8.00. The summed E-state index contributed by atoms with van der Waals surface area (Å²) in [4.78, 5) is 0. The van der Waals surface area contributed by atoms with Crippen LogP contribution in [-0.4, -0.2) is 0 Å². The summed E-state index contributed by atoms with van der Waals surface area (Å²) in [7, 11) is 0. The normalized spacial score (nSPS) is 36.5. The zero-order chi connectivity index (χ0) is 19.7. The lowest BCUT2D eigenvalue weighted by Gasteiger charge is -2.45. The highest BCUT2D eigenvalue weighted by molar-refractivity contribution is 5.27. The van der Waals surface area contributed by atoms with Crippen molar-refractivity contribution in [1.82, 2.24) is 0 Å². The standard InChI is InChI=1S/C25H33F3/c1-2-17-3-5-18(6-4-17)20-7-9-23-16-21(8-10-22(23)15-20)19-11-13-24(14-12-19)25(26,27)28/h2,11-14,17-18,20-23H,1,3-10,15-16H2. The quantitative estimate of drug-likeness (QED) is 0.459. The molecule has 0 saturated heterocycles. The van der Waals surface area contributed by atoms with E-state index in [0.717, 1.165) is 41.6 Å². The van der Waals surface area contributed by atoms with Gasteiger partial charge < -0.3 is 0 Å². The summed E-state index contributed by atoms with van der Waals surface area (Å²) >= 11 is 0. The molecule has 1 aromatic carbocycles. The van der Waals surface area contributed by atoms with E-state index in [4.69, 9.17) is 0 Å². The zero-order valence-corrected chi connectivity index (χ0v) is 16.8. The zero-order valence-electron chi connectivity index (χ0n) is 16.8. The molecule has 4 rings (SSSR count). The Hall–Kier alpha value is -1.25. The second-order valence-electron chi connectivity index (χ2n) is 9.63. The minimum absolute atomic E-state index is 0.447. The van der Waals surface area contributed by atoms with Gasteiger partial charge in [-0.05, 0) is 117 Å². The van der Waals surface area contributed by atoms with Crippen LogP contribution in [0.4, 0.5) is 13.2 Å². The summed E-state index contributed by atoms with van der Waals surface area (Å²) in [5.74, 6) is 4.65. The number of hydrogen-bond acceptors (Lipinski definition) is 0. The second-order valence-corrected chi connectivity index (χ2v) is 9.63. The summed E-state index contributed by atoms with van der Waals surface area (Å²) < 4.78 is 38.4. The molecule has 3 aliphatic rings. The van der Waals surface area contributed by atoms with Gasteiger partial charge >= 0.3 is 6.18 Å². The fourth-order valence-electron chi connectivity index (χ4n) is 6.45. The summed E-state index contributed by atoms with van der Waals surface area (Å²) in [5.41, 5.74) is 0.577. The molecule has 0 bridgehead atoms. The Morgan fingerprint density at radius 1 is 0.714 bits per heavy atom. The largest absolute Gasteiger partial charge is 0.416 e. The van der Waals surface area contributed by atoms with Gasteiger partial charge in [0, 0.05) is 0 Å². The van der Waals surface area contributed by atoms with Gasteiger partial charge in [0.15, 0.2) is 0 Å². The fourth-order valence-corrected chi connectivity index (χ4v) is 6.45. The Morgan fingerprint density at radius 3 is 1.86 bits per heavy atom. The van der Waals surface area contributed by atoms with Crippen LogP contribution in [0.1, 0.15) is 81.3 Å². The lowest BCUT2D eigenvalue weighted by atomic mass is 9.60. The molecule has 3 fully saturated rings. The van der Waals surface area contributed by atoms with Crippen molar-refractivity contribution in [2.45, 2.75) is 76.3 Å². The molecule has 0 N–H and O–H groups in total. The first-order chi connectivity index (χ1) is 13.4. The average Bonchev–Trinajstić information content (AvgIpc) is 2.72. The second kappa shape index (κ2) is 8.24. The van der Waals surface area contributed by atoms with E-state index in [9.17, 15) is 13.2 Å². The van der Waals surface area contributed by atoms with Crippen LogP contribution in [-0.2, 0) is 6.18 Å². The maximum atomic E-state index is 12.8. The third-order valence-corrected chi connectivity index (χ3v) is 8.18. The molecule has 154 valence electrons. The molecular weight excluding hydrogens is 357 g/mol. The van der Waals surface area contributed by atoms with E-state index < -0.39 is 11.7 Å². The SMILES string of the molecule is C=CC1CCC(C2CCC3CC(c4ccc(C(F)(F)F)cc4)CCC3C2)CC1. The van der Waals surface area contributed by atoms with Crippen LogP contribution in [0.25, 0.3) is 0 Å². The Morgan fingerprint density at radius 2 is 1.25 bits per heavy atom. The summed E-state index contributed by atoms with van der Waals surface area (Å²) in [6, 6.07) is 5.96. The van der Waals surface area contributed by atoms with E-state index in [1.165, 1.54) is 69.9 Å². The molecule has 3 aliphatic carbocycles. The molecule has 0 heterocycles. The van der Waals surface area contributed by atoms with Crippen molar-refractivity contribution < 1.29 is 13.2 Å². The van der Waals surface area contributed by atoms with E-state index in [-0.39, 0.29) is 0 Å². The van der Waals surface area contributed by atoms with Crippen molar-refractivity contribution in [1.29, 1.82) is 0 Å². The van der Waals surface area contributed by atoms with Crippen molar-refractivity contribution in [3.8, 4) is 0 Å². The van der Waals surface area contributed by atoms with E-state index in [2.05, 4.69) is 12.7 Å². The Bertz CT molecular complexity index is 651. The predicted molar refractivity (Wildman–Crippen MR) is 108 cm³/mol. The maximum Gasteiger partial charge on any atom is 0.416 e. The first-order valence-corrected chi connectivity index (χ1v) is 11.2. The lowest BCUT2D eigenvalue weighted by Crippen LogP contribution is -2.34. The maximum absolute atomic E-state index is 12.8. The average molecular weight is 391 g/mol. The van der Waals surface area contributed by atoms with Crippen molar-refractivity contribution in [3.63, 3.8) is 0 Å². The summed E-state index contributed by atoms with van der Waals surface area (Å²) in [5, 5.41) is 0. The van der Waals surface area contributed by atoms with Crippen LogP contribution in [0.15, 0.2) is 36.9 Å². The van der Waals surface area contributed by atoms with Crippen molar-refractivity contribution >= 4 is 0 Å². The van der Waals surface area contributed by atoms with Gasteiger partial charge in [0.1, 0.15) is 0 Å². The Balaban J connectivity index is 1.32. The van der Waals surface area contributed by atoms with E-state index in [1.54, 1.807) is 12.1 Å². The van der Waals surface area contributed by atoms with Gasteiger partial charge in [0.25, 0.3) is 0 Å². The number of rotatable bonds is 3. The van der Waals surface area contributed by atoms with E-state index in [1.807, 2.05) is 0 Å². The van der Waals surface area contributed by atoms with Crippen LogP contribution >= 0.6 is 0 Å². The molecule has 0 nitrogen and oxygen atoms in total. The number of hydrogen-bond donors (Lipinski definition) is 0. The number of benzene rings is 1. The van der Waals surface area contributed by atoms with Gasteiger partial charge in [-0.3, -0.25) is 0 Å². The van der Waals surface area contributed by atoms with Crippen LogP contribution in [0.3, 0.4) is 0 Å². The molecule has 0 radical (unpaired) electrons. The number of fused-ring (bicyclic) bond motifs is 1. The van der Waals surface area contributed by atoms with Crippen LogP contribution in [0, 0.1) is 29.6 Å². The summed E-state index contributed by atoms with van der Waals surface area (Å²) in [6.07, 6.45) is 11.0. The minimum atomic E-state index is -4.24. The van der Waals surface area contributed by atoms with E-state index in [0.29, 0.717) is 5.92 Å². The first-order valence-electron chi connectivity index (χ1n) is 11.2. The van der Waals surface area contributed by atoms with Crippen LogP contribution in [0.2, 0.25) is 0 Å². The molecule has 3 saturated carbocycles. The number of halogens is 3. The first kappa shape index (κ1) is 20.0.